The number of carbonyl (C=O) groups is 1. The minimum Gasteiger partial charge on any atom is -0.296 e. The molecule has 2 aliphatic rings. The van der Waals surface area contributed by atoms with Gasteiger partial charge in [0, 0.05) is 24.1 Å². The van der Waals surface area contributed by atoms with E-state index >= 15 is 0 Å². The van der Waals surface area contributed by atoms with Crippen molar-refractivity contribution in [1.29, 1.82) is 0 Å². The van der Waals surface area contributed by atoms with Crippen LogP contribution in [0.4, 0.5) is 0 Å². The number of ketones is 1. The normalized spacial score (nSPS) is 15.9. The van der Waals surface area contributed by atoms with Crippen LogP contribution in [0.15, 0.2) is 29.1 Å². The third kappa shape index (κ3) is 1.31. The smallest absolute Gasteiger partial charge is 0.262 e. The second kappa shape index (κ2) is 3.63. The van der Waals surface area contributed by atoms with E-state index in [0.29, 0.717) is 23.4 Å². The zero-order valence-electron chi connectivity index (χ0n) is 10.3. The van der Waals surface area contributed by atoms with Crippen LogP contribution in [-0.2, 0) is 13.0 Å². The molecule has 0 saturated carbocycles. The van der Waals surface area contributed by atoms with Crippen molar-refractivity contribution in [2.24, 2.45) is 0 Å². The second-order valence-corrected chi connectivity index (χ2v) is 5.04. The van der Waals surface area contributed by atoms with Gasteiger partial charge >= 0.3 is 0 Å². The van der Waals surface area contributed by atoms with Gasteiger partial charge in [-0.2, -0.15) is 0 Å². The molecular formula is C15H12N2O2. The average molecular weight is 252 g/mol. The van der Waals surface area contributed by atoms with Crippen LogP contribution in [0.3, 0.4) is 0 Å². The van der Waals surface area contributed by atoms with Gasteiger partial charge < -0.3 is 0 Å². The van der Waals surface area contributed by atoms with Crippen molar-refractivity contribution < 1.29 is 4.79 Å². The van der Waals surface area contributed by atoms with Gasteiger partial charge in [0.2, 0.25) is 5.78 Å². The molecule has 2 aromatic rings. The van der Waals surface area contributed by atoms with Crippen LogP contribution in [0.5, 0.6) is 0 Å². The lowest BCUT2D eigenvalue weighted by Gasteiger charge is -2.18. The number of carbonyl (C=O) groups excluding carboxylic acids is 1. The highest BCUT2D eigenvalue weighted by atomic mass is 16.1. The summed E-state index contributed by atoms with van der Waals surface area (Å²) < 4.78 is 1.73. The standard InChI is InChI=1S/C15H12N2O2/c18-14-10-6-2-1-5-9(10)12-13(14)16-11-7-3-4-8-17(11)15(12)19/h1-2,5-6H,3-4,7-8H2. The molecular weight excluding hydrogens is 240 g/mol. The number of hydrogen-bond acceptors (Lipinski definition) is 3. The van der Waals surface area contributed by atoms with Crippen LogP contribution >= 0.6 is 0 Å². The van der Waals surface area contributed by atoms with E-state index in [2.05, 4.69) is 4.98 Å². The SMILES string of the molecule is O=C1c2ccccc2-c2c1nc1n(c2=O)CCCC1. The first-order chi connectivity index (χ1) is 9.27. The lowest BCUT2D eigenvalue weighted by atomic mass is 10.1. The van der Waals surface area contributed by atoms with E-state index < -0.39 is 0 Å². The predicted molar refractivity (Wildman–Crippen MR) is 70.3 cm³/mol. The number of aryl methyl sites for hydroxylation is 1. The first-order valence-electron chi connectivity index (χ1n) is 6.55. The van der Waals surface area contributed by atoms with E-state index in [4.69, 9.17) is 0 Å². The van der Waals surface area contributed by atoms with Gasteiger partial charge in [-0.05, 0) is 12.8 Å². The monoisotopic (exact) mass is 252 g/mol. The summed E-state index contributed by atoms with van der Waals surface area (Å²) in [5.74, 6) is 0.646. The van der Waals surface area contributed by atoms with E-state index in [1.165, 1.54) is 0 Å². The molecule has 0 amide bonds. The molecule has 0 N–H and O–H groups in total. The molecule has 4 nitrogen and oxygen atoms in total. The van der Waals surface area contributed by atoms with Crippen LogP contribution in [0, 0.1) is 0 Å². The van der Waals surface area contributed by atoms with E-state index in [9.17, 15) is 9.59 Å². The molecule has 4 rings (SSSR count). The molecule has 1 aromatic carbocycles. The topological polar surface area (TPSA) is 52.0 Å². The highest BCUT2D eigenvalue weighted by molar-refractivity contribution is 6.20. The number of benzene rings is 1. The van der Waals surface area contributed by atoms with E-state index in [1.807, 2.05) is 18.2 Å². The Hall–Kier alpha value is -2.23. The maximum Gasteiger partial charge on any atom is 0.262 e. The van der Waals surface area contributed by atoms with Crippen molar-refractivity contribution in [3.05, 3.63) is 51.7 Å². The molecule has 1 aromatic heterocycles. The molecule has 0 radical (unpaired) electrons. The first-order valence-corrected chi connectivity index (χ1v) is 6.55. The summed E-state index contributed by atoms with van der Waals surface area (Å²) in [5.41, 5.74) is 2.12. The van der Waals surface area contributed by atoms with Gasteiger partial charge in [-0.15, -0.1) is 0 Å². The number of rotatable bonds is 0. The Morgan fingerprint density at radius 1 is 1.05 bits per heavy atom. The van der Waals surface area contributed by atoms with Gasteiger partial charge in [0.1, 0.15) is 11.5 Å². The molecule has 2 heterocycles. The largest absolute Gasteiger partial charge is 0.296 e. The molecule has 0 saturated heterocycles. The maximum atomic E-state index is 12.6. The summed E-state index contributed by atoms with van der Waals surface area (Å²) in [4.78, 5) is 29.4. The van der Waals surface area contributed by atoms with Crippen molar-refractivity contribution >= 4 is 5.78 Å². The summed E-state index contributed by atoms with van der Waals surface area (Å²) in [6.07, 6.45) is 2.82. The third-order valence-corrected chi connectivity index (χ3v) is 3.94. The number of hydrogen-bond donors (Lipinski definition) is 0. The van der Waals surface area contributed by atoms with Crippen molar-refractivity contribution in [2.45, 2.75) is 25.8 Å². The fraction of sp³-hybridized carbons (Fsp3) is 0.267. The Labute approximate surface area is 109 Å². The summed E-state index contributed by atoms with van der Waals surface area (Å²) in [6.45, 7) is 0.713. The summed E-state index contributed by atoms with van der Waals surface area (Å²) in [5, 5.41) is 0. The molecule has 0 unspecified atom stereocenters. The average Bonchev–Trinajstić information content (AvgIpc) is 2.74. The zero-order chi connectivity index (χ0) is 13.0. The van der Waals surface area contributed by atoms with E-state index in [0.717, 1.165) is 30.7 Å². The Morgan fingerprint density at radius 3 is 2.68 bits per heavy atom. The van der Waals surface area contributed by atoms with E-state index in [-0.39, 0.29) is 11.3 Å². The van der Waals surface area contributed by atoms with Crippen LogP contribution in [-0.4, -0.2) is 15.3 Å². The summed E-state index contributed by atoms with van der Waals surface area (Å²) >= 11 is 0. The Kier molecular flexibility index (Phi) is 2.04. The van der Waals surface area contributed by atoms with Crippen LogP contribution in [0.1, 0.15) is 34.7 Å². The van der Waals surface area contributed by atoms with Crippen molar-refractivity contribution in [1.82, 2.24) is 9.55 Å². The zero-order valence-corrected chi connectivity index (χ0v) is 10.3. The van der Waals surface area contributed by atoms with Gasteiger partial charge in [0.05, 0.1) is 5.56 Å². The fourth-order valence-electron chi connectivity index (χ4n) is 3.01. The number of aromatic nitrogens is 2. The van der Waals surface area contributed by atoms with Gasteiger partial charge in [-0.3, -0.25) is 14.2 Å². The predicted octanol–water partition coefficient (Wildman–Crippen LogP) is 1.79. The second-order valence-electron chi connectivity index (χ2n) is 5.04. The Bertz CT molecular complexity index is 774. The fourth-order valence-corrected chi connectivity index (χ4v) is 3.01. The van der Waals surface area contributed by atoms with Gasteiger partial charge in [-0.25, -0.2) is 4.98 Å². The van der Waals surface area contributed by atoms with Crippen LogP contribution in [0.2, 0.25) is 0 Å². The molecule has 4 heteroatoms. The van der Waals surface area contributed by atoms with Gasteiger partial charge in [0.15, 0.2) is 0 Å². The molecule has 19 heavy (non-hydrogen) atoms. The highest BCUT2D eigenvalue weighted by Crippen LogP contribution is 2.33. The molecule has 0 spiro atoms. The molecule has 0 atom stereocenters. The van der Waals surface area contributed by atoms with E-state index in [1.54, 1.807) is 10.6 Å². The summed E-state index contributed by atoms with van der Waals surface area (Å²) in [7, 11) is 0. The van der Waals surface area contributed by atoms with Gasteiger partial charge in [-0.1, -0.05) is 24.3 Å². The molecule has 0 fully saturated rings. The minimum absolute atomic E-state index is 0.0574. The van der Waals surface area contributed by atoms with Crippen LogP contribution in [0.25, 0.3) is 11.1 Å². The third-order valence-electron chi connectivity index (χ3n) is 3.94. The minimum atomic E-state index is -0.114. The number of nitrogens with zero attached hydrogens (tertiary/aromatic N) is 2. The number of fused-ring (bicyclic) bond motifs is 4. The highest BCUT2D eigenvalue weighted by Gasteiger charge is 2.32. The van der Waals surface area contributed by atoms with Crippen molar-refractivity contribution in [2.75, 3.05) is 0 Å². The van der Waals surface area contributed by atoms with Crippen LogP contribution < -0.4 is 5.56 Å². The molecule has 94 valence electrons. The molecule has 0 bridgehead atoms. The summed E-state index contributed by atoms with van der Waals surface area (Å²) in [6, 6.07) is 7.27. The molecule has 1 aliphatic heterocycles. The lowest BCUT2D eigenvalue weighted by molar-refractivity contribution is 0.103. The van der Waals surface area contributed by atoms with Gasteiger partial charge in [0.25, 0.3) is 5.56 Å². The van der Waals surface area contributed by atoms with Crippen molar-refractivity contribution in [3.63, 3.8) is 0 Å². The lowest BCUT2D eigenvalue weighted by Crippen LogP contribution is -2.30. The Balaban J connectivity index is 2.10. The molecule has 1 aliphatic carbocycles. The first kappa shape index (κ1) is 10.7. The Morgan fingerprint density at radius 2 is 1.84 bits per heavy atom. The maximum absolute atomic E-state index is 12.6. The van der Waals surface area contributed by atoms with Crippen molar-refractivity contribution in [3.8, 4) is 11.1 Å². The quantitative estimate of drug-likeness (QED) is 0.613.